The van der Waals surface area contributed by atoms with Crippen LogP contribution >= 0.6 is 0 Å². The van der Waals surface area contributed by atoms with E-state index in [1.807, 2.05) is 0 Å². The summed E-state index contributed by atoms with van der Waals surface area (Å²) in [6.07, 6.45) is 9.16. The number of unbranched alkanes of at least 4 members (excludes halogenated alkanes) is 1. The molecule has 0 N–H and O–H groups in total. The molecule has 4 rings (SSSR count). The fourth-order valence-corrected chi connectivity index (χ4v) is 4.71. The van der Waals surface area contributed by atoms with Crippen molar-refractivity contribution in [2.24, 2.45) is 5.92 Å². The lowest BCUT2D eigenvalue weighted by Gasteiger charge is -2.29. The third-order valence-electron chi connectivity index (χ3n) is 6.50. The molecule has 1 aliphatic carbocycles. The van der Waals surface area contributed by atoms with E-state index in [1.54, 1.807) is 12.1 Å². The highest BCUT2D eigenvalue weighted by atomic mass is 19.2. The monoisotopic (exact) mass is 396 g/mol. The molecule has 3 aromatic rings. The minimum Gasteiger partial charge on any atom is -0.204 e. The number of hydrogen-bond donors (Lipinski definition) is 0. The number of fused-ring (bicyclic) bond motifs is 1. The molecule has 0 saturated heterocycles. The Labute approximate surface area is 170 Å². The van der Waals surface area contributed by atoms with Crippen LogP contribution in [0, 0.1) is 23.4 Å². The van der Waals surface area contributed by atoms with Crippen molar-refractivity contribution in [2.75, 3.05) is 0 Å². The lowest BCUT2D eigenvalue weighted by molar-refractivity contribution is 0.304. The molecular formula is C26H27F3. The van der Waals surface area contributed by atoms with Gasteiger partial charge in [0.05, 0.1) is 0 Å². The van der Waals surface area contributed by atoms with Gasteiger partial charge < -0.3 is 0 Å². The molecule has 0 aliphatic heterocycles. The highest BCUT2D eigenvalue weighted by Gasteiger charge is 2.22. The summed E-state index contributed by atoms with van der Waals surface area (Å²) in [5.41, 5.74) is 3.25. The summed E-state index contributed by atoms with van der Waals surface area (Å²) >= 11 is 0. The second kappa shape index (κ2) is 8.61. The molecule has 0 nitrogen and oxygen atoms in total. The van der Waals surface area contributed by atoms with Gasteiger partial charge in [-0.1, -0.05) is 62.6 Å². The average Bonchev–Trinajstić information content (AvgIpc) is 2.76. The van der Waals surface area contributed by atoms with Gasteiger partial charge in [-0.25, -0.2) is 13.2 Å². The highest BCUT2D eigenvalue weighted by Crippen LogP contribution is 2.38. The first-order valence-corrected chi connectivity index (χ1v) is 10.7. The molecular weight excluding hydrogens is 369 g/mol. The van der Waals surface area contributed by atoms with E-state index in [0.717, 1.165) is 23.1 Å². The van der Waals surface area contributed by atoms with Crippen molar-refractivity contribution in [2.45, 2.75) is 57.8 Å². The quantitative estimate of drug-likeness (QED) is 0.380. The van der Waals surface area contributed by atoms with Crippen LogP contribution in [0.5, 0.6) is 0 Å². The third kappa shape index (κ3) is 4.19. The molecule has 152 valence electrons. The molecule has 0 amide bonds. The Hall–Kier alpha value is -2.29. The number of halogens is 3. The van der Waals surface area contributed by atoms with Crippen LogP contribution in [0.4, 0.5) is 13.2 Å². The first-order valence-electron chi connectivity index (χ1n) is 10.7. The van der Waals surface area contributed by atoms with Crippen LogP contribution in [0.1, 0.15) is 63.4 Å². The van der Waals surface area contributed by atoms with E-state index in [-0.39, 0.29) is 5.39 Å². The zero-order valence-corrected chi connectivity index (χ0v) is 16.9. The van der Waals surface area contributed by atoms with Crippen LogP contribution < -0.4 is 0 Å². The van der Waals surface area contributed by atoms with Crippen LogP contribution in [-0.4, -0.2) is 0 Å². The van der Waals surface area contributed by atoms with Gasteiger partial charge in [0.25, 0.3) is 0 Å². The summed E-state index contributed by atoms with van der Waals surface area (Å²) in [5, 5.41) is 0.470. The Balaban J connectivity index is 1.50. The van der Waals surface area contributed by atoms with Gasteiger partial charge in [0, 0.05) is 5.39 Å². The second-order valence-corrected chi connectivity index (χ2v) is 8.40. The van der Waals surface area contributed by atoms with Gasteiger partial charge in [-0.3, -0.25) is 0 Å². The maximum absolute atomic E-state index is 13.9. The fraction of sp³-hybridized carbons (Fsp3) is 0.385. The van der Waals surface area contributed by atoms with Crippen LogP contribution in [-0.2, 0) is 0 Å². The van der Waals surface area contributed by atoms with E-state index in [1.165, 1.54) is 56.6 Å². The molecule has 0 spiro atoms. The molecule has 3 heteroatoms. The minimum absolute atomic E-state index is 0.101. The topological polar surface area (TPSA) is 0 Å². The SMILES string of the molecule is CCCCC1CCC(c2ccc(-c3ccc4c(F)c(F)c(F)cc4c3)cc2)CC1. The van der Waals surface area contributed by atoms with Crippen molar-refractivity contribution < 1.29 is 13.2 Å². The maximum Gasteiger partial charge on any atom is 0.195 e. The fourth-order valence-electron chi connectivity index (χ4n) is 4.71. The number of hydrogen-bond acceptors (Lipinski definition) is 0. The van der Waals surface area contributed by atoms with E-state index in [9.17, 15) is 13.2 Å². The maximum atomic E-state index is 13.9. The van der Waals surface area contributed by atoms with Crippen molar-refractivity contribution in [3.63, 3.8) is 0 Å². The van der Waals surface area contributed by atoms with Gasteiger partial charge >= 0.3 is 0 Å². The second-order valence-electron chi connectivity index (χ2n) is 8.40. The Morgan fingerprint density at radius 3 is 2.17 bits per heavy atom. The predicted octanol–water partition coefficient (Wildman–Crippen LogP) is 8.39. The molecule has 3 aromatic carbocycles. The number of benzene rings is 3. The average molecular weight is 396 g/mol. The molecule has 0 atom stereocenters. The van der Waals surface area contributed by atoms with Crippen LogP contribution in [0.15, 0.2) is 48.5 Å². The first kappa shape index (κ1) is 20.0. The highest BCUT2D eigenvalue weighted by molar-refractivity contribution is 5.88. The van der Waals surface area contributed by atoms with Gasteiger partial charge in [-0.05, 0) is 71.7 Å². The van der Waals surface area contributed by atoms with Crippen molar-refractivity contribution in [3.8, 4) is 11.1 Å². The van der Waals surface area contributed by atoms with E-state index >= 15 is 0 Å². The van der Waals surface area contributed by atoms with Gasteiger partial charge in [0.2, 0.25) is 0 Å². The zero-order valence-electron chi connectivity index (χ0n) is 16.9. The van der Waals surface area contributed by atoms with E-state index in [0.29, 0.717) is 11.3 Å². The number of rotatable bonds is 5. The summed E-state index contributed by atoms with van der Waals surface area (Å²) in [4.78, 5) is 0. The summed E-state index contributed by atoms with van der Waals surface area (Å²) in [7, 11) is 0. The van der Waals surface area contributed by atoms with E-state index in [2.05, 4.69) is 31.2 Å². The van der Waals surface area contributed by atoms with Crippen molar-refractivity contribution in [1.82, 2.24) is 0 Å². The van der Waals surface area contributed by atoms with Crippen LogP contribution in [0.2, 0.25) is 0 Å². The lowest BCUT2D eigenvalue weighted by atomic mass is 9.77. The molecule has 0 heterocycles. The summed E-state index contributed by atoms with van der Waals surface area (Å²) in [5.74, 6) is -2.18. The minimum atomic E-state index is -1.42. The van der Waals surface area contributed by atoms with Gasteiger partial charge in [-0.2, -0.15) is 0 Å². The molecule has 0 aromatic heterocycles. The Morgan fingerprint density at radius 2 is 1.48 bits per heavy atom. The van der Waals surface area contributed by atoms with Crippen LogP contribution in [0.3, 0.4) is 0 Å². The van der Waals surface area contributed by atoms with Crippen molar-refractivity contribution in [3.05, 3.63) is 71.5 Å². The third-order valence-corrected chi connectivity index (χ3v) is 6.50. The van der Waals surface area contributed by atoms with Crippen molar-refractivity contribution >= 4 is 10.8 Å². The normalized spacial score (nSPS) is 19.6. The molecule has 0 unspecified atom stereocenters. The summed E-state index contributed by atoms with van der Waals surface area (Å²) < 4.78 is 41.0. The van der Waals surface area contributed by atoms with Gasteiger partial charge in [0.1, 0.15) is 0 Å². The molecule has 0 bridgehead atoms. The summed E-state index contributed by atoms with van der Waals surface area (Å²) in [6.45, 7) is 2.26. The Bertz CT molecular complexity index is 983. The molecule has 0 radical (unpaired) electrons. The zero-order chi connectivity index (χ0) is 20.4. The van der Waals surface area contributed by atoms with Crippen molar-refractivity contribution in [1.29, 1.82) is 0 Å². The van der Waals surface area contributed by atoms with E-state index < -0.39 is 17.5 Å². The molecule has 1 aliphatic rings. The Kier molecular flexibility index (Phi) is 5.94. The summed E-state index contributed by atoms with van der Waals surface area (Å²) in [6, 6.07) is 14.6. The Morgan fingerprint density at radius 1 is 0.793 bits per heavy atom. The molecule has 29 heavy (non-hydrogen) atoms. The molecule has 1 saturated carbocycles. The van der Waals surface area contributed by atoms with Crippen LogP contribution in [0.25, 0.3) is 21.9 Å². The van der Waals surface area contributed by atoms with Gasteiger partial charge in [-0.15, -0.1) is 0 Å². The first-order chi connectivity index (χ1) is 14.1. The predicted molar refractivity (Wildman–Crippen MR) is 113 cm³/mol. The lowest BCUT2D eigenvalue weighted by Crippen LogP contribution is -2.13. The van der Waals surface area contributed by atoms with E-state index in [4.69, 9.17) is 0 Å². The molecule has 1 fully saturated rings. The standard InChI is InChI=1S/C26H27F3/c1-2-3-4-17-5-7-18(8-6-17)19-9-11-20(12-10-19)21-13-14-23-22(15-21)16-24(27)26(29)25(23)28/h9-18H,2-8H2,1H3. The van der Waals surface area contributed by atoms with Gasteiger partial charge in [0.15, 0.2) is 17.5 Å². The smallest absolute Gasteiger partial charge is 0.195 e. The largest absolute Gasteiger partial charge is 0.204 e.